The van der Waals surface area contributed by atoms with E-state index in [1.165, 1.54) is 13.3 Å². The minimum Gasteiger partial charge on any atom is -0.481 e. The van der Waals surface area contributed by atoms with Gasteiger partial charge in [0.15, 0.2) is 0 Å². The van der Waals surface area contributed by atoms with Crippen molar-refractivity contribution in [1.82, 2.24) is 35.4 Å². The van der Waals surface area contributed by atoms with Gasteiger partial charge in [-0.05, 0) is 25.0 Å². The molecule has 0 atom stereocenters. The lowest BCUT2D eigenvalue weighted by atomic mass is 9.95. The molecule has 3 aromatic heterocycles. The van der Waals surface area contributed by atoms with Gasteiger partial charge in [-0.3, -0.25) is 14.7 Å². The molecule has 166 valence electrons. The van der Waals surface area contributed by atoms with Crippen LogP contribution in [-0.2, 0) is 11.3 Å². The van der Waals surface area contributed by atoms with Crippen LogP contribution in [0.1, 0.15) is 29.2 Å². The van der Waals surface area contributed by atoms with Crippen LogP contribution in [0.4, 0.5) is 0 Å². The van der Waals surface area contributed by atoms with Crippen LogP contribution in [0.5, 0.6) is 5.88 Å². The maximum atomic E-state index is 12.9. The molecule has 4 heterocycles. The third kappa shape index (κ3) is 4.86. The van der Waals surface area contributed by atoms with Crippen molar-refractivity contribution in [2.24, 2.45) is 5.92 Å². The van der Waals surface area contributed by atoms with Crippen LogP contribution >= 0.6 is 11.6 Å². The van der Waals surface area contributed by atoms with Crippen molar-refractivity contribution in [2.45, 2.75) is 19.4 Å². The van der Waals surface area contributed by atoms with Gasteiger partial charge in [-0.25, -0.2) is 15.0 Å². The van der Waals surface area contributed by atoms with Gasteiger partial charge in [-0.1, -0.05) is 11.6 Å². The molecular weight excluding hydrogens is 434 g/mol. The summed E-state index contributed by atoms with van der Waals surface area (Å²) in [7, 11) is 1.51. The number of nitrogens with zero attached hydrogens (tertiary/aromatic N) is 5. The second kappa shape index (κ2) is 9.73. The van der Waals surface area contributed by atoms with Crippen LogP contribution in [0.3, 0.4) is 0 Å². The highest BCUT2D eigenvalue weighted by Crippen LogP contribution is 2.29. The van der Waals surface area contributed by atoms with Crippen molar-refractivity contribution >= 4 is 23.4 Å². The molecule has 4 rings (SSSR count). The maximum absolute atomic E-state index is 12.9. The second-order valence-corrected chi connectivity index (χ2v) is 7.73. The molecule has 0 aliphatic carbocycles. The Kier molecular flexibility index (Phi) is 6.60. The summed E-state index contributed by atoms with van der Waals surface area (Å²) in [5, 5.41) is 10.3. The number of hydrogen-bond donors (Lipinski definition) is 2. The number of nitrogens with one attached hydrogen (secondary N) is 2. The van der Waals surface area contributed by atoms with E-state index < -0.39 is 0 Å². The highest BCUT2D eigenvalue weighted by molar-refractivity contribution is 6.33. The monoisotopic (exact) mass is 455 g/mol. The molecule has 1 aliphatic heterocycles. The lowest BCUT2D eigenvalue weighted by Gasteiger charge is -2.30. The van der Waals surface area contributed by atoms with Crippen LogP contribution in [0.15, 0.2) is 36.8 Å². The smallest absolute Gasteiger partial charge is 0.271 e. The zero-order chi connectivity index (χ0) is 22.5. The van der Waals surface area contributed by atoms with Crippen LogP contribution < -0.4 is 10.1 Å². The summed E-state index contributed by atoms with van der Waals surface area (Å²) >= 11 is 6.22. The molecule has 2 amide bonds. The average molecular weight is 456 g/mol. The predicted molar refractivity (Wildman–Crippen MR) is 116 cm³/mol. The van der Waals surface area contributed by atoms with E-state index >= 15 is 0 Å². The summed E-state index contributed by atoms with van der Waals surface area (Å²) in [6.45, 7) is 1.26. The first kappa shape index (κ1) is 21.7. The largest absolute Gasteiger partial charge is 0.481 e. The number of ether oxygens (including phenoxy) is 1. The zero-order valence-corrected chi connectivity index (χ0v) is 18.2. The summed E-state index contributed by atoms with van der Waals surface area (Å²) in [5.74, 6) is 0.602. The number of rotatable bonds is 6. The molecule has 10 nitrogen and oxygen atoms in total. The Hall–Kier alpha value is -3.53. The second-order valence-electron chi connectivity index (χ2n) is 7.32. The van der Waals surface area contributed by atoms with E-state index in [0.29, 0.717) is 59.6 Å². The number of amides is 2. The minimum atomic E-state index is -0.169. The van der Waals surface area contributed by atoms with E-state index in [9.17, 15) is 9.59 Å². The fourth-order valence-electron chi connectivity index (χ4n) is 3.54. The van der Waals surface area contributed by atoms with E-state index in [4.69, 9.17) is 16.3 Å². The van der Waals surface area contributed by atoms with E-state index in [1.54, 1.807) is 35.5 Å². The molecule has 1 saturated heterocycles. The maximum Gasteiger partial charge on any atom is 0.271 e. The standard InChI is InChI=1S/C21H22ClN7O3/c1-32-19-9-14(15(22)11-25-19)16-10-17(28-27-16)21(31)29-7-3-13(4-8-29)20(30)26-12-18-23-5-2-6-24-18/h2,5-6,9-11,13H,3-4,7-8,12H2,1H3,(H,26,30)(H,27,28). The van der Waals surface area contributed by atoms with E-state index in [0.717, 1.165) is 0 Å². The zero-order valence-electron chi connectivity index (χ0n) is 17.4. The molecule has 0 saturated carbocycles. The SMILES string of the molecule is COc1cc(-c2cc(C(=O)N3CCC(C(=O)NCc4ncccn4)CC3)[nH]n2)c(Cl)cn1. The molecule has 0 bridgehead atoms. The summed E-state index contributed by atoms with van der Waals surface area (Å²) in [4.78, 5) is 39.3. The molecular formula is C21H22ClN7O3. The lowest BCUT2D eigenvalue weighted by molar-refractivity contribution is -0.126. The molecule has 1 fully saturated rings. The van der Waals surface area contributed by atoms with Crippen molar-refractivity contribution in [3.05, 3.63) is 53.3 Å². The number of pyridine rings is 1. The van der Waals surface area contributed by atoms with E-state index in [1.807, 2.05) is 0 Å². The van der Waals surface area contributed by atoms with Crippen LogP contribution in [0, 0.1) is 5.92 Å². The summed E-state index contributed by atoms with van der Waals surface area (Å²) in [6.07, 6.45) is 5.92. The Morgan fingerprint density at radius 3 is 2.69 bits per heavy atom. The van der Waals surface area contributed by atoms with E-state index in [2.05, 4.69) is 30.5 Å². The number of halogens is 1. The normalized spacial score (nSPS) is 14.2. The summed E-state index contributed by atoms with van der Waals surface area (Å²) in [6, 6.07) is 5.04. The minimum absolute atomic E-state index is 0.0466. The van der Waals surface area contributed by atoms with Gasteiger partial charge >= 0.3 is 0 Å². The van der Waals surface area contributed by atoms with Gasteiger partial charge < -0.3 is 15.0 Å². The topological polar surface area (TPSA) is 126 Å². The Morgan fingerprint density at radius 2 is 1.97 bits per heavy atom. The highest BCUT2D eigenvalue weighted by Gasteiger charge is 2.28. The Bertz CT molecular complexity index is 1100. The number of piperidine rings is 1. The number of likely N-dealkylation sites (tertiary alicyclic amines) is 1. The van der Waals surface area contributed by atoms with Crippen molar-refractivity contribution < 1.29 is 14.3 Å². The molecule has 0 unspecified atom stereocenters. The molecule has 0 spiro atoms. The van der Waals surface area contributed by atoms with Gasteiger partial charge in [-0.2, -0.15) is 5.10 Å². The highest BCUT2D eigenvalue weighted by atomic mass is 35.5. The third-order valence-electron chi connectivity index (χ3n) is 5.32. The van der Waals surface area contributed by atoms with Crippen LogP contribution in [0.25, 0.3) is 11.3 Å². The van der Waals surface area contributed by atoms with Crippen molar-refractivity contribution in [1.29, 1.82) is 0 Å². The fraction of sp³-hybridized carbons (Fsp3) is 0.333. The predicted octanol–water partition coefficient (Wildman–Crippen LogP) is 2.09. The number of aromatic nitrogens is 5. The Balaban J connectivity index is 1.33. The van der Waals surface area contributed by atoms with Crippen molar-refractivity contribution in [2.75, 3.05) is 20.2 Å². The van der Waals surface area contributed by atoms with Gasteiger partial charge in [0, 0.05) is 43.0 Å². The van der Waals surface area contributed by atoms with Gasteiger partial charge in [-0.15, -0.1) is 0 Å². The van der Waals surface area contributed by atoms with Gasteiger partial charge in [0.2, 0.25) is 11.8 Å². The molecule has 0 radical (unpaired) electrons. The third-order valence-corrected chi connectivity index (χ3v) is 5.62. The number of methoxy groups -OCH3 is 1. The Labute approximate surface area is 189 Å². The molecule has 2 N–H and O–H groups in total. The summed E-state index contributed by atoms with van der Waals surface area (Å²) in [5.41, 5.74) is 1.50. The number of H-pyrrole nitrogens is 1. The quantitative estimate of drug-likeness (QED) is 0.582. The van der Waals surface area contributed by atoms with Crippen LogP contribution in [-0.4, -0.2) is 62.1 Å². The first-order valence-electron chi connectivity index (χ1n) is 10.1. The number of carbonyl (C=O) groups is 2. The first-order chi connectivity index (χ1) is 15.5. The van der Waals surface area contributed by atoms with Gasteiger partial charge in [0.1, 0.15) is 11.5 Å². The molecule has 32 heavy (non-hydrogen) atoms. The number of hydrogen-bond acceptors (Lipinski definition) is 7. The lowest BCUT2D eigenvalue weighted by Crippen LogP contribution is -2.43. The Morgan fingerprint density at radius 1 is 1.22 bits per heavy atom. The number of aromatic amines is 1. The van der Waals surface area contributed by atoms with Gasteiger partial charge in [0.25, 0.3) is 5.91 Å². The van der Waals surface area contributed by atoms with Gasteiger partial charge in [0.05, 0.1) is 30.6 Å². The summed E-state index contributed by atoms with van der Waals surface area (Å²) < 4.78 is 5.13. The first-order valence-corrected chi connectivity index (χ1v) is 10.5. The van der Waals surface area contributed by atoms with Crippen molar-refractivity contribution in [3.63, 3.8) is 0 Å². The van der Waals surface area contributed by atoms with E-state index in [-0.39, 0.29) is 24.3 Å². The molecule has 3 aromatic rings. The number of carbonyl (C=O) groups excluding carboxylic acids is 2. The molecule has 11 heteroatoms. The fourth-order valence-corrected chi connectivity index (χ4v) is 3.74. The molecule has 1 aliphatic rings. The van der Waals surface area contributed by atoms with Crippen LogP contribution in [0.2, 0.25) is 5.02 Å². The average Bonchev–Trinajstić information content (AvgIpc) is 3.33. The van der Waals surface area contributed by atoms with Crippen molar-refractivity contribution in [3.8, 4) is 17.1 Å². The molecule has 0 aromatic carbocycles.